The maximum atomic E-state index is 5.93. The minimum Gasteiger partial charge on any atom is -0.496 e. The zero-order chi connectivity index (χ0) is 22.5. The monoisotopic (exact) mass is 450 g/mol. The van der Waals surface area contributed by atoms with E-state index in [4.69, 9.17) is 30.8 Å². The van der Waals surface area contributed by atoms with E-state index in [-0.39, 0.29) is 0 Å². The molecule has 7 nitrogen and oxygen atoms in total. The lowest BCUT2D eigenvalue weighted by Crippen LogP contribution is -2.01. The number of pyridine rings is 2. The number of benzene rings is 1. The lowest BCUT2D eigenvalue weighted by molar-refractivity contribution is 0.132. The van der Waals surface area contributed by atoms with Crippen LogP contribution in [-0.2, 0) is 18.1 Å². The van der Waals surface area contributed by atoms with Gasteiger partial charge in [-0.1, -0.05) is 17.7 Å². The van der Waals surface area contributed by atoms with Crippen molar-refractivity contribution in [2.24, 2.45) is 0 Å². The Hall–Kier alpha value is -3.42. The first-order chi connectivity index (χ1) is 15.6. The molecule has 164 valence electrons. The van der Waals surface area contributed by atoms with Gasteiger partial charge in [-0.15, -0.1) is 0 Å². The van der Waals surface area contributed by atoms with Gasteiger partial charge in [0.05, 0.1) is 18.5 Å². The number of rotatable bonds is 8. The molecule has 0 unspecified atom stereocenters. The lowest BCUT2D eigenvalue weighted by atomic mass is 10.1. The number of aromatic nitrogens is 4. The van der Waals surface area contributed by atoms with E-state index in [2.05, 4.69) is 9.97 Å². The highest BCUT2D eigenvalue weighted by Crippen LogP contribution is 2.34. The molecule has 0 atom stereocenters. The van der Waals surface area contributed by atoms with Crippen molar-refractivity contribution in [2.75, 3.05) is 14.2 Å². The Labute approximate surface area is 191 Å². The average Bonchev–Trinajstić information content (AvgIpc) is 3.23. The van der Waals surface area contributed by atoms with Crippen LogP contribution in [0.5, 0.6) is 11.5 Å². The Kier molecular flexibility index (Phi) is 6.68. The quantitative estimate of drug-likeness (QED) is 0.345. The zero-order valence-corrected chi connectivity index (χ0v) is 18.8. The molecule has 1 aromatic carbocycles. The van der Waals surface area contributed by atoms with Crippen molar-refractivity contribution >= 4 is 11.6 Å². The van der Waals surface area contributed by atoms with Crippen molar-refractivity contribution in [1.82, 2.24) is 19.5 Å². The van der Waals surface area contributed by atoms with E-state index in [1.165, 1.54) is 0 Å². The van der Waals surface area contributed by atoms with Crippen LogP contribution in [0.2, 0.25) is 5.15 Å². The van der Waals surface area contributed by atoms with Crippen molar-refractivity contribution < 1.29 is 14.2 Å². The minimum atomic E-state index is 0.345. The Morgan fingerprint density at radius 2 is 1.88 bits per heavy atom. The van der Waals surface area contributed by atoms with Crippen LogP contribution in [0.25, 0.3) is 22.6 Å². The van der Waals surface area contributed by atoms with Crippen molar-refractivity contribution in [1.29, 1.82) is 0 Å². The fraction of sp³-hybridized carbons (Fsp3) is 0.208. The largest absolute Gasteiger partial charge is 0.496 e. The molecule has 32 heavy (non-hydrogen) atoms. The predicted octanol–water partition coefficient (Wildman–Crippen LogP) is 5.16. The summed E-state index contributed by atoms with van der Waals surface area (Å²) in [7, 11) is 3.26. The van der Waals surface area contributed by atoms with E-state index in [1.807, 2.05) is 60.3 Å². The third-order valence-corrected chi connectivity index (χ3v) is 5.06. The number of methoxy groups -OCH3 is 2. The molecule has 0 saturated heterocycles. The predicted molar refractivity (Wildman–Crippen MR) is 123 cm³/mol. The normalized spacial score (nSPS) is 10.9. The highest BCUT2D eigenvalue weighted by atomic mass is 35.5. The molecule has 4 aromatic rings. The molecule has 0 amide bonds. The van der Waals surface area contributed by atoms with Gasteiger partial charge in [-0.25, -0.2) is 9.97 Å². The second-order valence-corrected chi connectivity index (χ2v) is 7.57. The molecule has 4 rings (SSSR count). The maximum Gasteiger partial charge on any atom is 0.144 e. The van der Waals surface area contributed by atoms with Gasteiger partial charge in [0.25, 0.3) is 0 Å². The molecule has 0 spiro atoms. The van der Waals surface area contributed by atoms with Crippen LogP contribution in [0.3, 0.4) is 0 Å². The first-order valence-electron chi connectivity index (χ1n) is 9.98. The molecule has 0 bridgehead atoms. The van der Waals surface area contributed by atoms with Crippen LogP contribution in [0.1, 0.15) is 11.3 Å². The van der Waals surface area contributed by atoms with Crippen LogP contribution in [0, 0.1) is 6.92 Å². The SMILES string of the molecule is COCn1cc(-c2ccc(OCc3ccc(C)cn3)cc2OC)nc1-c1ccc(Cl)nc1. The Morgan fingerprint density at radius 3 is 2.56 bits per heavy atom. The molecule has 0 aliphatic carbocycles. The zero-order valence-electron chi connectivity index (χ0n) is 18.1. The van der Waals surface area contributed by atoms with Crippen molar-refractivity contribution in [3.05, 3.63) is 77.5 Å². The summed E-state index contributed by atoms with van der Waals surface area (Å²) < 4.78 is 18.8. The van der Waals surface area contributed by atoms with Gasteiger partial charge in [0.2, 0.25) is 0 Å². The van der Waals surface area contributed by atoms with Crippen molar-refractivity contribution in [3.8, 4) is 34.1 Å². The summed E-state index contributed by atoms with van der Waals surface area (Å²) in [5.41, 5.74) is 4.39. The second kappa shape index (κ2) is 9.80. The summed E-state index contributed by atoms with van der Waals surface area (Å²) in [6, 6.07) is 13.3. The summed E-state index contributed by atoms with van der Waals surface area (Å²) in [6.07, 6.45) is 5.43. The summed E-state index contributed by atoms with van der Waals surface area (Å²) in [5.74, 6) is 2.06. The number of nitrogens with zero attached hydrogens (tertiary/aromatic N) is 4. The number of hydrogen-bond donors (Lipinski definition) is 0. The van der Waals surface area contributed by atoms with Crippen LogP contribution in [0.4, 0.5) is 0 Å². The van der Waals surface area contributed by atoms with Gasteiger partial charge in [0, 0.05) is 42.9 Å². The molecule has 0 aliphatic rings. The Balaban J connectivity index is 1.61. The molecular weight excluding hydrogens is 428 g/mol. The van der Waals surface area contributed by atoms with E-state index in [1.54, 1.807) is 26.5 Å². The number of imidazole rings is 1. The Bertz CT molecular complexity index is 1190. The van der Waals surface area contributed by atoms with E-state index in [0.29, 0.717) is 30.0 Å². The third kappa shape index (κ3) is 4.90. The van der Waals surface area contributed by atoms with Crippen molar-refractivity contribution in [2.45, 2.75) is 20.3 Å². The van der Waals surface area contributed by atoms with Gasteiger partial charge in [-0.2, -0.15) is 0 Å². The topological polar surface area (TPSA) is 71.3 Å². The van der Waals surface area contributed by atoms with E-state index in [9.17, 15) is 0 Å². The first-order valence-corrected chi connectivity index (χ1v) is 10.4. The van der Waals surface area contributed by atoms with Crippen LogP contribution < -0.4 is 9.47 Å². The molecule has 0 saturated carbocycles. The van der Waals surface area contributed by atoms with Gasteiger partial charge in [-0.05, 0) is 42.8 Å². The molecule has 3 heterocycles. The summed E-state index contributed by atoms with van der Waals surface area (Å²) in [5, 5.41) is 0.428. The summed E-state index contributed by atoms with van der Waals surface area (Å²) >= 11 is 5.93. The molecular formula is C24H23ClN4O3. The van der Waals surface area contributed by atoms with Crippen LogP contribution >= 0.6 is 11.6 Å². The number of halogens is 1. The van der Waals surface area contributed by atoms with Gasteiger partial charge >= 0.3 is 0 Å². The highest BCUT2D eigenvalue weighted by Gasteiger charge is 2.16. The fourth-order valence-corrected chi connectivity index (χ4v) is 3.35. The van der Waals surface area contributed by atoms with E-state index < -0.39 is 0 Å². The summed E-state index contributed by atoms with van der Waals surface area (Å²) in [6.45, 7) is 2.72. The number of aryl methyl sites for hydroxylation is 1. The lowest BCUT2D eigenvalue weighted by Gasteiger charge is -2.10. The minimum absolute atomic E-state index is 0.345. The average molecular weight is 451 g/mol. The van der Waals surface area contributed by atoms with Crippen LogP contribution in [-0.4, -0.2) is 33.7 Å². The highest BCUT2D eigenvalue weighted by molar-refractivity contribution is 6.29. The molecule has 0 fully saturated rings. The van der Waals surface area contributed by atoms with E-state index >= 15 is 0 Å². The maximum absolute atomic E-state index is 5.93. The van der Waals surface area contributed by atoms with E-state index in [0.717, 1.165) is 33.9 Å². The van der Waals surface area contributed by atoms with Gasteiger partial charge in [0.15, 0.2) is 0 Å². The standard InChI is InChI=1S/C24H23ClN4O3/c1-16-4-6-18(26-11-16)14-32-19-7-8-20(22(10-19)31-3)21-13-29(15-30-2)24(28-21)17-5-9-23(25)27-12-17/h4-13H,14-15H2,1-3H3. The number of hydrogen-bond acceptors (Lipinski definition) is 6. The summed E-state index contributed by atoms with van der Waals surface area (Å²) in [4.78, 5) is 13.3. The third-order valence-electron chi connectivity index (χ3n) is 4.84. The molecule has 0 radical (unpaired) electrons. The molecule has 8 heteroatoms. The Morgan fingerprint density at radius 1 is 1.00 bits per heavy atom. The van der Waals surface area contributed by atoms with Gasteiger partial charge in [0.1, 0.15) is 35.8 Å². The molecule has 0 aliphatic heterocycles. The molecule has 3 aromatic heterocycles. The van der Waals surface area contributed by atoms with Crippen molar-refractivity contribution in [3.63, 3.8) is 0 Å². The van der Waals surface area contributed by atoms with Gasteiger partial charge in [-0.3, -0.25) is 4.98 Å². The molecule has 0 N–H and O–H groups in total. The van der Waals surface area contributed by atoms with Gasteiger partial charge < -0.3 is 18.8 Å². The smallest absolute Gasteiger partial charge is 0.144 e. The number of ether oxygens (including phenoxy) is 3. The fourth-order valence-electron chi connectivity index (χ4n) is 3.24. The van der Waals surface area contributed by atoms with Crippen LogP contribution in [0.15, 0.2) is 61.1 Å². The first kappa shape index (κ1) is 21.8. The second-order valence-electron chi connectivity index (χ2n) is 7.18.